The summed E-state index contributed by atoms with van der Waals surface area (Å²) in [5.41, 5.74) is 1.01. The predicted octanol–water partition coefficient (Wildman–Crippen LogP) is 3.50. The minimum absolute atomic E-state index is 0.188. The van der Waals surface area contributed by atoms with E-state index in [1.807, 2.05) is 19.1 Å². The second-order valence-corrected chi connectivity index (χ2v) is 6.81. The number of nitrogens with one attached hydrogen (secondary N) is 1. The molecule has 0 aliphatic heterocycles. The first-order chi connectivity index (χ1) is 13.2. The highest BCUT2D eigenvalue weighted by Gasteiger charge is 2.14. The Balaban J connectivity index is 1.80. The summed E-state index contributed by atoms with van der Waals surface area (Å²) in [6.45, 7) is 1.99. The van der Waals surface area contributed by atoms with Gasteiger partial charge >= 0.3 is 0 Å². The van der Waals surface area contributed by atoms with Crippen molar-refractivity contribution in [3.8, 4) is 5.69 Å². The molecule has 136 valence electrons. The molecule has 8 heteroatoms. The van der Waals surface area contributed by atoms with E-state index in [-0.39, 0.29) is 11.4 Å². The zero-order chi connectivity index (χ0) is 18.8. The minimum atomic E-state index is -0.357. The van der Waals surface area contributed by atoms with Crippen molar-refractivity contribution in [2.45, 2.75) is 24.3 Å². The van der Waals surface area contributed by atoms with Crippen LogP contribution in [-0.2, 0) is 12.2 Å². The molecule has 0 amide bonds. The van der Waals surface area contributed by atoms with Gasteiger partial charge in [-0.2, -0.15) is 0 Å². The van der Waals surface area contributed by atoms with Crippen LogP contribution < -0.4 is 5.56 Å². The number of H-pyrrole nitrogens is 1. The number of benzene rings is 2. The molecule has 0 saturated heterocycles. The number of halogens is 1. The number of hydrogen-bond acceptors (Lipinski definition) is 5. The van der Waals surface area contributed by atoms with Gasteiger partial charge in [-0.1, -0.05) is 30.8 Å². The fourth-order valence-corrected chi connectivity index (χ4v) is 3.50. The number of hydrogen-bond donors (Lipinski definition) is 1. The van der Waals surface area contributed by atoms with Gasteiger partial charge in [0, 0.05) is 6.42 Å². The van der Waals surface area contributed by atoms with Crippen LogP contribution in [0.25, 0.3) is 16.6 Å². The van der Waals surface area contributed by atoms with Gasteiger partial charge in [0.2, 0.25) is 5.16 Å². The zero-order valence-electron chi connectivity index (χ0n) is 14.5. The Morgan fingerprint density at radius 3 is 2.63 bits per heavy atom. The van der Waals surface area contributed by atoms with Crippen LogP contribution in [0.1, 0.15) is 18.6 Å². The highest BCUT2D eigenvalue weighted by molar-refractivity contribution is 7.98. The molecule has 0 aliphatic rings. The van der Waals surface area contributed by atoms with Gasteiger partial charge < -0.3 is 0 Å². The van der Waals surface area contributed by atoms with Crippen molar-refractivity contribution in [3.05, 3.63) is 76.4 Å². The number of nitrogens with zero attached hydrogens (tertiary/aromatic N) is 4. The van der Waals surface area contributed by atoms with Gasteiger partial charge in [0.25, 0.3) is 5.56 Å². The minimum Gasteiger partial charge on any atom is -0.268 e. The number of aromatic amines is 1. The van der Waals surface area contributed by atoms with Crippen LogP contribution in [0, 0.1) is 5.82 Å². The normalized spacial score (nSPS) is 11.2. The van der Waals surface area contributed by atoms with E-state index in [2.05, 4.69) is 20.2 Å². The summed E-state index contributed by atoms with van der Waals surface area (Å²) in [4.78, 5) is 22.1. The van der Waals surface area contributed by atoms with Gasteiger partial charge in [-0.15, -0.1) is 5.10 Å². The first-order valence-electron chi connectivity index (χ1n) is 8.46. The monoisotopic (exact) mass is 381 g/mol. The summed E-state index contributed by atoms with van der Waals surface area (Å²) in [7, 11) is 0. The average molecular weight is 381 g/mol. The maximum absolute atomic E-state index is 13.3. The van der Waals surface area contributed by atoms with Gasteiger partial charge in [-0.3, -0.25) is 14.5 Å². The van der Waals surface area contributed by atoms with Crippen LogP contribution >= 0.6 is 11.8 Å². The molecular weight excluding hydrogens is 365 g/mol. The smallest absolute Gasteiger partial charge is 0.265 e. The maximum Gasteiger partial charge on any atom is 0.265 e. The molecule has 0 unspecified atom stereocenters. The van der Waals surface area contributed by atoms with E-state index in [0.29, 0.717) is 33.3 Å². The van der Waals surface area contributed by atoms with Crippen molar-refractivity contribution in [1.29, 1.82) is 0 Å². The van der Waals surface area contributed by atoms with Gasteiger partial charge in [0.1, 0.15) is 17.5 Å². The summed E-state index contributed by atoms with van der Waals surface area (Å²) in [5, 5.41) is 8.15. The Bertz CT molecular complexity index is 1150. The molecule has 4 aromatic rings. The van der Waals surface area contributed by atoms with Crippen LogP contribution in [0.3, 0.4) is 0 Å². The SMILES string of the molecule is CCc1nc(SCc2nc3ccccc3c(=O)n2-c2ccc(F)cc2)n[nH]1. The van der Waals surface area contributed by atoms with E-state index < -0.39 is 0 Å². The highest BCUT2D eigenvalue weighted by Crippen LogP contribution is 2.21. The quantitative estimate of drug-likeness (QED) is 0.536. The van der Waals surface area contributed by atoms with Crippen LogP contribution in [0.15, 0.2) is 58.5 Å². The third-order valence-corrected chi connectivity index (χ3v) is 4.95. The van der Waals surface area contributed by atoms with Gasteiger partial charge in [0.15, 0.2) is 0 Å². The molecule has 0 bridgehead atoms. The highest BCUT2D eigenvalue weighted by atomic mass is 32.2. The number of fused-ring (bicyclic) bond motifs is 1. The number of rotatable bonds is 5. The second-order valence-electron chi connectivity index (χ2n) is 5.87. The lowest BCUT2D eigenvalue weighted by Crippen LogP contribution is -2.23. The summed E-state index contributed by atoms with van der Waals surface area (Å²) in [6, 6.07) is 13.0. The molecule has 1 N–H and O–H groups in total. The van der Waals surface area contributed by atoms with Gasteiger partial charge in [0.05, 0.1) is 22.3 Å². The molecule has 0 aliphatic carbocycles. The fraction of sp³-hybridized carbons (Fsp3) is 0.158. The lowest BCUT2D eigenvalue weighted by molar-refractivity contribution is 0.627. The Hall–Kier alpha value is -3.00. The Labute approximate surface area is 158 Å². The molecule has 0 saturated carbocycles. The molecule has 0 spiro atoms. The molecule has 6 nitrogen and oxygen atoms in total. The zero-order valence-corrected chi connectivity index (χ0v) is 15.3. The third kappa shape index (κ3) is 3.48. The summed E-state index contributed by atoms with van der Waals surface area (Å²) < 4.78 is 14.9. The maximum atomic E-state index is 13.3. The Kier molecular flexibility index (Phi) is 4.72. The van der Waals surface area contributed by atoms with E-state index in [4.69, 9.17) is 0 Å². The third-order valence-electron chi connectivity index (χ3n) is 4.11. The lowest BCUT2D eigenvalue weighted by Gasteiger charge is -2.13. The standard InChI is InChI=1S/C19H16FN5OS/c1-2-16-22-19(24-23-16)27-11-17-21-15-6-4-3-5-14(15)18(26)25(17)13-9-7-12(20)8-10-13/h3-10H,2,11H2,1H3,(H,22,23,24). The van der Waals surface area contributed by atoms with Crippen molar-refractivity contribution in [2.24, 2.45) is 0 Å². The van der Waals surface area contributed by atoms with Crippen LogP contribution in [0.2, 0.25) is 0 Å². The first kappa shape index (κ1) is 17.4. The topological polar surface area (TPSA) is 76.5 Å². The fourth-order valence-electron chi connectivity index (χ4n) is 2.76. The average Bonchev–Trinajstić information content (AvgIpc) is 3.16. The first-order valence-corrected chi connectivity index (χ1v) is 9.45. The van der Waals surface area contributed by atoms with E-state index in [1.54, 1.807) is 24.3 Å². The molecule has 2 aromatic heterocycles. The van der Waals surface area contributed by atoms with Gasteiger partial charge in [-0.25, -0.2) is 14.4 Å². The van der Waals surface area contributed by atoms with Gasteiger partial charge in [-0.05, 0) is 36.4 Å². The van der Waals surface area contributed by atoms with E-state index in [0.717, 1.165) is 12.2 Å². The molecule has 0 radical (unpaired) electrons. The second kappa shape index (κ2) is 7.32. The van der Waals surface area contributed by atoms with Crippen LogP contribution in [0.4, 0.5) is 4.39 Å². The number of thioether (sulfide) groups is 1. The van der Waals surface area contributed by atoms with Crippen molar-refractivity contribution in [3.63, 3.8) is 0 Å². The molecule has 0 atom stereocenters. The van der Waals surface area contributed by atoms with Crippen LogP contribution in [0.5, 0.6) is 0 Å². The van der Waals surface area contributed by atoms with E-state index in [1.165, 1.54) is 28.5 Å². The van der Waals surface area contributed by atoms with Crippen molar-refractivity contribution in [1.82, 2.24) is 24.7 Å². The molecule has 2 heterocycles. The number of aryl methyl sites for hydroxylation is 1. The summed E-state index contributed by atoms with van der Waals surface area (Å²) in [6.07, 6.45) is 0.766. The number of aromatic nitrogens is 5. The molecule has 0 fully saturated rings. The molecule has 4 rings (SSSR count). The summed E-state index contributed by atoms with van der Waals surface area (Å²) >= 11 is 1.39. The predicted molar refractivity (Wildman–Crippen MR) is 103 cm³/mol. The Morgan fingerprint density at radius 2 is 1.89 bits per heavy atom. The molecule has 27 heavy (non-hydrogen) atoms. The largest absolute Gasteiger partial charge is 0.268 e. The summed E-state index contributed by atoms with van der Waals surface area (Å²) in [5.74, 6) is 1.40. The molecule has 2 aromatic carbocycles. The Morgan fingerprint density at radius 1 is 1.11 bits per heavy atom. The number of para-hydroxylation sites is 1. The van der Waals surface area contributed by atoms with E-state index >= 15 is 0 Å². The van der Waals surface area contributed by atoms with Crippen LogP contribution in [-0.4, -0.2) is 24.7 Å². The van der Waals surface area contributed by atoms with Crippen molar-refractivity contribution >= 4 is 22.7 Å². The lowest BCUT2D eigenvalue weighted by atomic mass is 10.2. The molecular formula is C19H16FN5OS. The van der Waals surface area contributed by atoms with Crippen molar-refractivity contribution in [2.75, 3.05) is 0 Å². The van der Waals surface area contributed by atoms with E-state index in [9.17, 15) is 9.18 Å². The van der Waals surface area contributed by atoms with Crippen molar-refractivity contribution < 1.29 is 4.39 Å².